The number of ether oxygens (including phenoxy) is 1. The van der Waals surface area contributed by atoms with Crippen LogP contribution in [0.1, 0.15) is 5.69 Å². The monoisotopic (exact) mass is 311 g/mol. The highest BCUT2D eigenvalue weighted by Gasteiger charge is 2.06. The molecule has 0 spiro atoms. The fourth-order valence-corrected chi connectivity index (χ4v) is 1.97. The fraction of sp³-hybridized carbons (Fsp3) is 0.125. The van der Waals surface area contributed by atoms with Gasteiger partial charge in [-0.05, 0) is 24.3 Å². The van der Waals surface area contributed by atoms with Crippen molar-refractivity contribution in [3.05, 3.63) is 60.6 Å². The summed E-state index contributed by atoms with van der Waals surface area (Å²) in [6.07, 6.45) is 6.43. The molecule has 116 valence electrons. The van der Waals surface area contributed by atoms with E-state index in [4.69, 9.17) is 4.74 Å². The minimum Gasteiger partial charge on any atom is -0.495 e. The van der Waals surface area contributed by atoms with Crippen LogP contribution in [0.2, 0.25) is 0 Å². The minimum absolute atomic E-state index is 0.236. The summed E-state index contributed by atoms with van der Waals surface area (Å²) in [4.78, 5) is 16.7. The number of aromatic nitrogens is 4. The van der Waals surface area contributed by atoms with Gasteiger partial charge in [0.25, 0.3) is 0 Å². The van der Waals surface area contributed by atoms with Crippen LogP contribution in [-0.2, 0) is 6.54 Å². The summed E-state index contributed by atoms with van der Waals surface area (Å²) in [5.74, 6) is 1.34. The largest absolute Gasteiger partial charge is 0.495 e. The van der Waals surface area contributed by atoms with Gasteiger partial charge in [-0.15, -0.1) is 0 Å². The molecule has 0 bridgehead atoms. The van der Waals surface area contributed by atoms with Crippen LogP contribution >= 0.6 is 0 Å². The normalized spacial score (nSPS) is 10.3. The lowest BCUT2D eigenvalue weighted by molar-refractivity contribution is 0.413. The second kappa shape index (κ2) is 6.78. The number of hydrogen-bond acceptors (Lipinski definition) is 6. The van der Waals surface area contributed by atoms with Crippen molar-refractivity contribution in [3.63, 3.8) is 0 Å². The predicted molar refractivity (Wildman–Crippen MR) is 83.3 cm³/mol. The summed E-state index contributed by atoms with van der Waals surface area (Å²) in [5.41, 5.74) is 1.06. The zero-order valence-electron chi connectivity index (χ0n) is 12.4. The lowest BCUT2D eigenvalue weighted by Crippen LogP contribution is -2.06. The Morgan fingerprint density at radius 1 is 1.17 bits per heavy atom. The van der Waals surface area contributed by atoms with Crippen molar-refractivity contribution in [2.24, 2.45) is 0 Å². The molecule has 1 N–H and O–H groups in total. The zero-order chi connectivity index (χ0) is 16.1. The number of anilines is 1. The smallest absolute Gasteiger partial charge is 0.163 e. The van der Waals surface area contributed by atoms with Crippen molar-refractivity contribution in [3.8, 4) is 17.1 Å². The van der Waals surface area contributed by atoms with Crippen LogP contribution in [0.5, 0.6) is 5.75 Å². The molecule has 3 aromatic heterocycles. The highest BCUT2D eigenvalue weighted by Crippen LogP contribution is 2.20. The van der Waals surface area contributed by atoms with Crippen molar-refractivity contribution >= 4 is 5.82 Å². The van der Waals surface area contributed by atoms with Crippen LogP contribution < -0.4 is 10.1 Å². The molecule has 0 aliphatic carbocycles. The van der Waals surface area contributed by atoms with Gasteiger partial charge in [0.15, 0.2) is 5.82 Å². The number of halogens is 1. The van der Waals surface area contributed by atoms with Crippen LogP contribution in [0, 0.1) is 5.82 Å². The third-order valence-corrected chi connectivity index (χ3v) is 3.13. The maximum Gasteiger partial charge on any atom is 0.163 e. The highest BCUT2D eigenvalue weighted by atomic mass is 19.1. The number of nitrogens with one attached hydrogen (secondary N) is 1. The molecule has 0 aromatic carbocycles. The lowest BCUT2D eigenvalue weighted by atomic mass is 10.2. The van der Waals surface area contributed by atoms with Gasteiger partial charge in [0.1, 0.15) is 17.4 Å². The van der Waals surface area contributed by atoms with E-state index in [2.05, 4.69) is 25.3 Å². The van der Waals surface area contributed by atoms with Gasteiger partial charge < -0.3 is 10.1 Å². The first kappa shape index (κ1) is 14.8. The first-order valence-electron chi connectivity index (χ1n) is 6.92. The van der Waals surface area contributed by atoms with Gasteiger partial charge >= 0.3 is 0 Å². The second-order valence-corrected chi connectivity index (χ2v) is 4.66. The summed E-state index contributed by atoms with van der Waals surface area (Å²) in [6.45, 7) is 0.236. The van der Waals surface area contributed by atoms with Gasteiger partial charge in [0, 0.05) is 24.2 Å². The summed E-state index contributed by atoms with van der Waals surface area (Å²) >= 11 is 0. The molecule has 23 heavy (non-hydrogen) atoms. The third-order valence-electron chi connectivity index (χ3n) is 3.13. The number of methoxy groups -OCH3 is 1. The number of rotatable bonds is 5. The quantitative estimate of drug-likeness (QED) is 0.781. The first-order valence-corrected chi connectivity index (χ1v) is 6.92. The van der Waals surface area contributed by atoms with Crippen LogP contribution in [0.4, 0.5) is 10.2 Å². The molecule has 0 saturated carbocycles. The van der Waals surface area contributed by atoms with Crippen molar-refractivity contribution < 1.29 is 9.13 Å². The van der Waals surface area contributed by atoms with Gasteiger partial charge in [-0.3, -0.25) is 9.97 Å². The topological polar surface area (TPSA) is 72.8 Å². The van der Waals surface area contributed by atoms with Crippen LogP contribution in [-0.4, -0.2) is 27.0 Å². The van der Waals surface area contributed by atoms with Crippen molar-refractivity contribution in [1.82, 2.24) is 19.9 Å². The molecule has 0 unspecified atom stereocenters. The molecule has 0 radical (unpaired) electrons. The number of nitrogens with zero attached hydrogens (tertiary/aromatic N) is 4. The highest BCUT2D eigenvalue weighted by molar-refractivity contribution is 5.57. The fourth-order valence-electron chi connectivity index (χ4n) is 1.97. The molecule has 3 heterocycles. The van der Waals surface area contributed by atoms with E-state index < -0.39 is 0 Å². The second-order valence-electron chi connectivity index (χ2n) is 4.66. The van der Waals surface area contributed by atoms with Gasteiger partial charge in [-0.1, -0.05) is 0 Å². The van der Waals surface area contributed by atoms with Gasteiger partial charge in [0.2, 0.25) is 0 Å². The Balaban J connectivity index is 1.78. The first-order chi connectivity index (χ1) is 11.3. The molecule has 3 aromatic rings. The Labute approximate surface area is 132 Å². The van der Waals surface area contributed by atoms with Crippen molar-refractivity contribution in [2.45, 2.75) is 6.54 Å². The molecule has 0 aliphatic heterocycles. The third kappa shape index (κ3) is 3.57. The molecule has 3 rings (SSSR count). The molecule has 0 saturated heterocycles. The molecule has 0 amide bonds. The maximum absolute atomic E-state index is 13.6. The van der Waals surface area contributed by atoms with E-state index in [0.717, 1.165) is 5.56 Å². The van der Waals surface area contributed by atoms with Crippen LogP contribution in [0.25, 0.3) is 11.4 Å². The maximum atomic E-state index is 13.6. The Bertz CT molecular complexity index is 812. The van der Waals surface area contributed by atoms with E-state index in [0.29, 0.717) is 23.1 Å². The average molecular weight is 311 g/mol. The standard InChI is InChI=1S/C16H14FN5O/c1-23-12-7-11(8-18-9-12)16-20-6-4-15(22-16)21-10-14-13(17)3-2-5-19-14/h2-9H,10H2,1H3,(H,20,21,22). The molecule has 0 atom stereocenters. The molecule has 0 aliphatic rings. The van der Waals surface area contributed by atoms with E-state index in [1.54, 1.807) is 50.1 Å². The van der Waals surface area contributed by atoms with E-state index in [1.807, 2.05) is 0 Å². The summed E-state index contributed by atoms with van der Waals surface area (Å²) in [7, 11) is 1.57. The molecule has 6 nitrogen and oxygen atoms in total. The molecular weight excluding hydrogens is 297 g/mol. The van der Waals surface area contributed by atoms with E-state index in [1.165, 1.54) is 6.07 Å². The Hall–Kier alpha value is -3.09. The van der Waals surface area contributed by atoms with Gasteiger partial charge in [0.05, 0.1) is 25.5 Å². The van der Waals surface area contributed by atoms with E-state index >= 15 is 0 Å². The van der Waals surface area contributed by atoms with Crippen LogP contribution in [0.15, 0.2) is 49.1 Å². The Morgan fingerprint density at radius 3 is 2.91 bits per heavy atom. The Kier molecular flexibility index (Phi) is 4.37. The zero-order valence-corrected chi connectivity index (χ0v) is 12.4. The average Bonchev–Trinajstić information content (AvgIpc) is 2.61. The molecule has 7 heteroatoms. The van der Waals surface area contributed by atoms with Gasteiger partial charge in [-0.2, -0.15) is 0 Å². The van der Waals surface area contributed by atoms with E-state index in [9.17, 15) is 4.39 Å². The van der Waals surface area contributed by atoms with Crippen molar-refractivity contribution in [1.29, 1.82) is 0 Å². The van der Waals surface area contributed by atoms with Gasteiger partial charge in [-0.25, -0.2) is 14.4 Å². The number of pyridine rings is 2. The summed E-state index contributed by atoms with van der Waals surface area (Å²) in [5, 5.41) is 3.04. The Morgan fingerprint density at radius 2 is 2.09 bits per heavy atom. The molecular formula is C16H14FN5O. The van der Waals surface area contributed by atoms with E-state index in [-0.39, 0.29) is 12.4 Å². The summed E-state index contributed by atoms with van der Waals surface area (Å²) < 4.78 is 18.7. The molecule has 0 fully saturated rings. The lowest BCUT2D eigenvalue weighted by Gasteiger charge is -2.07. The predicted octanol–water partition coefficient (Wildman–Crippen LogP) is 2.69. The van der Waals surface area contributed by atoms with Crippen LogP contribution in [0.3, 0.4) is 0 Å². The summed E-state index contributed by atoms with van der Waals surface area (Å²) in [6, 6.07) is 6.43. The minimum atomic E-state index is -0.355. The SMILES string of the molecule is COc1cncc(-c2nccc(NCc3ncccc3F)n2)c1. The number of hydrogen-bond donors (Lipinski definition) is 1. The van der Waals surface area contributed by atoms with Crippen molar-refractivity contribution in [2.75, 3.05) is 12.4 Å².